The lowest BCUT2D eigenvalue weighted by atomic mass is 9.64. The van der Waals surface area contributed by atoms with E-state index in [2.05, 4.69) is 21.2 Å². The van der Waals surface area contributed by atoms with Crippen molar-refractivity contribution in [3.8, 4) is 5.75 Å². The lowest BCUT2D eigenvalue weighted by molar-refractivity contribution is -0.121. The normalized spacial score (nSPS) is 23.3. The summed E-state index contributed by atoms with van der Waals surface area (Å²) in [7, 11) is 1.56. The van der Waals surface area contributed by atoms with Crippen LogP contribution >= 0.6 is 27.5 Å². The maximum atomic E-state index is 14.8. The Morgan fingerprint density at radius 1 is 0.929 bits per heavy atom. The second kappa shape index (κ2) is 9.96. The first-order valence-electron chi connectivity index (χ1n) is 13.5. The summed E-state index contributed by atoms with van der Waals surface area (Å²) >= 11 is 9.82. The van der Waals surface area contributed by atoms with Crippen LogP contribution in [0.4, 0.5) is 11.4 Å². The Morgan fingerprint density at radius 2 is 1.62 bits per heavy atom. The molecule has 0 saturated carbocycles. The Labute approximate surface area is 256 Å². The Balaban J connectivity index is 1.52. The molecule has 1 saturated heterocycles. The molecule has 1 amide bonds. The summed E-state index contributed by atoms with van der Waals surface area (Å²) in [5, 5.41) is 3.60. The zero-order valence-corrected chi connectivity index (χ0v) is 24.7. The predicted molar refractivity (Wildman–Crippen MR) is 167 cm³/mol. The Morgan fingerprint density at radius 3 is 2.36 bits per heavy atom. The molecule has 0 aromatic heterocycles. The quantitative estimate of drug-likeness (QED) is 0.239. The number of halogens is 2. The molecule has 0 bridgehead atoms. The second-order valence-corrected chi connectivity index (χ2v) is 12.0. The van der Waals surface area contributed by atoms with Gasteiger partial charge in [0.05, 0.1) is 19.1 Å². The molecule has 6 nitrogen and oxygen atoms in total. The number of carbonyl (C=O) groups is 3. The summed E-state index contributed by atoms with van der Waals surface area (Å²) in [6.45, 7) is 0. The molecule has 1 N–H and O–H groups in total. The minimum atomic E-state index is -1.38. The van der Waals surface area contributed by atoms with Crippen molar-refractivity contribution in [1.29, 1.82) is 0 Å². The van der Waals surface area contributed by atoms with Crippen LogP contribution in [-0.4, -0.2) is 36.7 Å². The number of carbonyl (C=O) groups excluding carboxylic acids is 3. The first kappa shape index (κ1) is 26.7. The molecule has 0 aliphatic carbocycles. The van der Waals surface area contributed by atoms with Gasteiger partial charge in [-0.1, -0.05) is 70.0 Å². The van der Waals surface area contributed by atoms with E-state index >= 15 is 0 Å². The van der Waals surface area contributed by atoms with Gasteiger partial charge >= 0.3 is 0 Å². The summed E-state index contributed by atoms with van der Waals surface area (Å²) in [6, 6.07) is 25.2. The van der Waals surface area contributed by atoms with Crippen LogP contribution in [0.5, 0.6) is 5.75 Å². The van der Waals surface area contributed by atoms with Gasteiger partial charge in [-0.05, 0) is 71.8 Å². The third-order valence-corrected chi connectivity index (χ3v) is 9.41. The van der Waals surface area contributed by atoms with Crippen molar-refractivity contribution in [2.75, 3.05) is 17.3 Å². The van der Waals surface area contributed by atoms with Crippen molar-refractivity contribution < 1.29 is 19.1 Å². The molecule has 208 valence electrons. The van der Waals surface area contributed by atoms with Gasteiger partial charge in [0.2, 0.25) is 5.91 Å². The van der Waals surface area contributed by atoms with Gasteiger partial charge in [-0.15, -0.1) is 0 Å². The molecule has 42 heavy (non-hydrogen) atoms. The van der Waals surface area contributed by atoms with Gasteiger partial charge in [-0.25, -0.2) is 0 Å². The number of methoxy groups -OCH3 is 1. The van der Waals surface area contributed by atoms with Crippen LogP contribution in [0, 0.1) is 5.92 Å². The molecular weight excluding hydrogens is 616 g/mol. The van der Waals surface area contributed by atoms with Gasteiger partial charge in [0.25, 0.3) is 0 Å². The van der Waals surface area contributed by atoms with Crippen molar-refractivity contribution in [1.82, 2.24) is 0 Å². The SMILES string of the molecule is COc1ccc(C(=O)[C@@H]2[C@H](C(=O)c3ccc(Br)cc3)N3c4ccc(Cl)cc4C=C[C@H]3[C@@]23C(=O)Nc2ccccc23)cc1. The van der Waals surface area contributed by atoms with E-state index in [0.29, 0.717) is 33.1 Å². The maximum Gasteiger partial charge on any atom is 0.238 e. The second-order valence-electron chi connectivity index (χ2n) is 10.7. The largest absolute Gasteiger partial charge is 0.497 e. The highest BCUT2D eigenvalue weighted by atomic mass is 79.9. The van der Waals surface area contributed by atoms with E-state index in [9.17, 15) is 14.4 Å². The van der Waals surface area contributed by atoms with Crippen LogP contribution in [-0.2, 0) is 10.2 Å². The zero-order valence-electron chi connectivity index (χ0n) is 22.4. The van der Waals surface area contributed by atoms with Crippen molar-refractivity contribution in [2.24, 2.45) is 5.92 Å². The highest BCUT2D eigenvalue weighted by Crippen LogP contribution is 2.58. The number of fused-ring (bicyclic) bond motifs is 6. The van der Waals surface area contributed by atoms with E-state index in [0.717, 1.165) is 15.7 Å². The van der Waals surface area contributed by atoms with Gasteiger partial charge in [-0.2, -0.15) is 0 Å². The number of Topliss-reactive ketones (excluding diaryl/α,β-unsaturated/α-hetero) is 2. The van der Waals surface area contributed by atoms with Crippen LogP contribution in [0.3, 0.4) is 0 Å². The average Bonchev–Trinajstić information content (AvgIpc) is 3.49. The van der Waals surface area contributed by atoms with E-state index in [1.165, 1.54) is 0 Å². The van der Waals surface area contributed by atoms with Gasteiger partial charge in [0, 0.05) is 32.0 Å². The molecule has 4 aromatic rings. The Bertz CT molecular complexity index is 1800. The maximum absolute atomic E-state index is 14.8. The molecule has 1 spiro atoms. The van der Waals surface area contributed by atoms with Crippen molar-refractivity contribution in [2.45, 2.75) is 17.5 Å². The van der Waals surface area contributed by atoms with Crippen LogP contribution in [0.1, 0.15) is 31.8 Å². The molecule has 0 radical (unpaired) electrons. The van der Waals surface area contributed by atoms with Gasteiger partial charge < -0.3 is 15.0 Å². The number of hydrogen-bond donors (Lipinski definition) is 1. The first-order chi connectivity index (χ1) is 20.3. The summed E-state index contributed by atoms with van der Waals surface area (Å²) < 4.78 is 6.15. The average molecular weight is 640 g/mol. The molecule has 1 fully saturated rings. The van der Waals surface area contributed by atoms with Crippen LogP contribution in [0.15, 0.2) is 102 Å². The van der Waals surface area contributed by atoms with Crippen molar-refractivity contribution in [3.05, 3.63) is 129 Å². The third kappa shape index (κ3) is 3.80. The fourth-order valence-electron chi connectivity index (χ4n) is 6.87. The number of hydrogen-bond acceptors (Lipinski definition) is 5. The number of ether oxygens (including phenoxy) is 1. The molecule has 3 aliphatic heterocycles. The number of ketones is 2. The fraction of sp³-hybridized carbons (Fsp3) is 0.147. The van der Waals surface area contributed by atoms with Crippen LogP contribution in [0.2, 0.25) is 5.02 Å². The Hall–Kier alpha value is -4.20. The molecule has 3 aliphatic rings. The number of nitrogens with zero attached hydrogens (tertiary/aromatic N) is 1. The van der Waals surface area contributed by atoms with Crippen LogP contribution < -0.4 is 15.0 Å². The fourth-order valence-corrected chi connectivity index (χ4v) is 7.31. The molecule has 3 heterocycles. The molecule has 4 atom stereocenters. The summed E-state index contributed by atoms with van der Waals surface area (Å²) in [4.78, 5) is 45.9. The molecular formula is C34H24BrClN2O4. The van der Waals surface area contributed by atoms with E-state index in [4.69, 9.17) is 16.3 Å². The van der Waals surface area contributed by atoms with E-state index in [1.807, 2.05) is 53.5 Å². The molecule has 4 aromatic carbocycles. The minimum absolute atomic E-state index is 0.246. The number of amides is 1. The molecule has 8 heteroatoms. The van der Waals surface area contributed by atoms with E-state index < -0.39 is 23.4 Å². The standard InChI is InChI=1S/C34H24BrClN2O4/c1-42-24-14-8-19(9-15-24)31(39)29-30(32(40)20-6-11-22(35)12-7-20)38-27-16-13-23(36)18-21(27)10-17-28(38)34(29)25-4-2-3-5-26(25)37-33(34)41/h2-18,28-30H,1H3,(H,37,41)/t28-,29-,30+,34+/m0/s1. The summed E-state index contributed by atoms with van der Waals surface area (Å²) in [5.74, 6) is -1.30. The monoisotopic (exact) mass is 638 g/mol. The highest BCUT2D eigenvalue weighted by molar-refractivity contribution is 9.10. The smallest absolute Gasteiger partial charge is 0.238 e. The molecule has 0 unspecified atom stereocenters. The topological polar surface area (TPSA) is 75.7 Å². The van der Waals surface area contributed by atoms with Crippen molar-refractivity contribution in [3.63, 3.8) is 0 Å². The lowest BCUT2D eigenvalue weighted by Crippen LogP contribution is -2.51. The number of nitrogens with one attached hydrogen (secondary N) is 1. The van der Waals surface area contributed by atoms with Crippen molar-refractivity contribution >= 4 is 62.5 Å². The molecule has 7 rings (SSSR count). The van der Waals surface area contributed by atoms with Gasteiger partial charge in [-0.3, -0.25) is 14.4 Å². The minimum Gasteiger partial charge on any atom is -0.497 e. The number of benzene rings is 4. The van der Waals surface area contributed by atoms with E-state index in [-0.39, 0.29) is 17.5 Å². The van der Waals surface area contributed by atoms with Crippen LogP contribution in [0.25, 0.3) is 6.08 Å². The lowest BCUT2D eigenvalue weighted by Gasteiger charge is -2.37. The predicted octanol–water partition coefficient (Wildman–Crippen LogP) is 6.97. The van der Waals surface area contributed by atoms with Gasteiger partial charge in [0.15, 0.2) is 11.6 Å². The highest BCUT2D eigenvalue weighted by Gasteiger charge is 2.70. The number of anilines is 2. The summed E-state index contributed by atoms with van der Waals surface area (Å²) in [5.41, 5.74) is 2.36. The number of rotatable bonds is 5. The zero-order chi connectivity index (χ0) is 29.2. The first-order valence-corrected chi connectivity index (χ1v) is 14.7. The Kier molecular flexibility index (Phi) is 6.33. The third-order valence-electron chi connectivity index (χ3n) is 8.65. The van der Waals surface area contributed by atoms with E-state index in [1.54, 1.807) is 61.7 Å². The van der Waals surface area contributed by atoms with Gasteiger partial charge in [0.1, 0.15) is 17.2 Å². The summed E-state index contributed by atoms with van der Waals surface area (Å²) in [6.07, 6.45) is 3.86. The number of para-hydroxylation sites is 1.